The number of nitrogens with one attached hydrogen (secondary N) is 1. The molecule has 1 N–H and O–H groups in total. The van der Waals surface area contributed by atoms with Gasteiger partial charge in [-0.15, -0.1) is 0 Å². The Morgan fingerprint density at radius 2 is 1.72 bits per heavy atom. The molecule has 0 bridgehead atoms. The first kappa shape index (κ1) is 16.3. The second-order valence-corrected chi connectivity index (χ2v) is 7.52. The van der Waals surface area contributed by atoms with E-state index in [0.717, 1.165) is 20.3 Å². The molecule has 4 rings (SSSR count). The Labute approximate surface area is 158 Å². The van der Waals surface area contributed by atoms with Crippen LogP contribution in [0, 0.1) is 3.57 Å². The molecule has 1 saturated heterocycles. The van der Waals surface area contributed by atoms with E-state index in [0.29, 0.717) is 18.5 Å². The van der Waals surface area contributed by atoms with Crippen molar-refractivity contribution < 1.29 is 14.4 Å². The minimum Gasteiger partial charge on any atom is -0.322 e. The van der Waals surface area contributed by atoms with Crippen molar-refractivity contribution in [2.75, 3.05) is 0 Å². The second kappa shape index (κ2) is 6.25. The van der Waals surface area contributed by atoms with Crippen molar-refractivity contribution in [1.82, 2.24) is 10.2 Å². The van der Waals surface area contributed by atoms with Crippen molar-refractivity contribution >= 4 is 40.3 Å². The third-order valence-electron chi connectivity index (χ3n) is 4.71. The van der Waals surface area contributed by atoms with E-state index in [2.05, 4.69) is 27.9 Å². The largest absolute Gasteiger partial charge is 0.322 e. The average molecular weight is 446 g/mol. The van der Waals surface area contributed by atoms with Crippen LogP contribution < -0.4 is 5.32 Å². The van der Waals surface area contributed by atoms with Crippen LogP contribution in [-0.2, 0) is 16.1 Å². The third-order valence-corrected chi connectivity index (χ3v) is 5.42. The molecule has 126 valence electrons. The van der Waals surface area contributed by atoms with Crippen molar-refractivity contribution in [3.8, 4) is 11.1 Å². The number of nitrogens with zero attached hydrogens (tertiary/aromatic N) is 1. The maximum absolute atomic E-state index is 12.8. The summed E-state index contributed by atoms with van der Waals surface area (Å²) in [5.74, 6) is -0.793. The number of halogens is 1. The van der Waals surface area contributed by atoms with Crippen molar-refractivity contribution in [3.63, 3.8) is 0 Å². The maximum atomic E-state index is 12.8. The van der Waals surface area contributed by atoms with Gasteiger partial charge in [0.05, 0.1) is 0 Å². The summed E-state index contributed by atoms with van der Waals surface area (Å²) in [7, 11) is 0. The predicted molar refractivity (Wildman–Crippen MR) is 101 cm³/mol. The van der Waals surface area contributed by atoms with Gasteiger partial charge >= 0.3 is 0 Å². The lowest BCUT2D eigenvalue weighted by molar-refractivity contribution is -0.136. The molecule has 2 aromatic carbocycles. The highest BCUT2D eigenvalue weighted by Crippen LogP contribution is 2.31. The van der Waals surface area contributed by atoms with Gasteiger partial charge in [-0.1, -0.05) is 24.3 Å². The zero-order valence-electron chi connectivity index (χ0n) is 13.3. The molecule has 25 heavy (non-hydrogen) atoms. The Kier molecular flexibility index (Phi) is 4.07. The van der Waals surface area contributed by atoms with Crippen LogP contribution >= 0.6 is 22.6 Å². The Bertz CT molecular complexity index is 892. The second-order valence-electron chi connectivity index (χ2n) is 6.28. The summed E-state index contributed by atoms with van der Waals surface area (Å²) < 4.78 is 1.16. The van der Waals surface area contributed by atoms with E-state index in [1.165, 1.54) is 0 Å². The first-order valence-corrected chi connectivity index (χ1v) is 9.14. The van der Waals surface area contributed by atoms with Gasteiger partial charge in [-0.3, -0.25) is 19.7 Å². The Morgan fingerprint density at radius 3 is 2.44 bits per heavy atom. The fraction of sp³-hybridized carbons (Fsp3) is 0.211. The number of fused-ring (bicyclic) bond motifs is 1. The lowest BCUT2D eigenvalue weighted by atomic mass is 10.0. The quantitative estimate of drug-likeness (QED) is 0.570. The molecule has 1 fully saturated rings. The first-order valence-electron chi connectivity index (χ1n) is 8.06. The topological polar surface area (TPSA) is 66.5 Å². The molecule has 1 atom stereocenters. The van der Waals surface area contributed by atoms with E-state index in [1.54, 1.807) is 4.90 Å². The molecule has 2 aliphatic heterocycles. The van der Waals surface area contributed by atoms with Crippen LogP contribution in [0.2, 0.25) is 0 Å². The summed E-state index contributed by atoms with van der Waals surface area (Å²) >= 11 is 2.26. The zero-order chi connectivity index (χ0) is 17.6. The van der Waals surface area contributed by atoms with Gasteiger partial charge in [-0.2, -0.15) is 0 Å². The summed E-state index contributed by atoms with van der Waals surface area (Å²) in [6.07, 6.45) is 0.652. The molecule has 0 saturated carbocycles. The summed E-state index contributed by atoms with van der Waals surface area (Å²) in [5.41, 5.74) is 3.59. The molecule has 6 heteroatoms. The molecule has 0 radical (unpaired) electrons. The average Bonchev–Trinajstić information content (AvgIpc) is 2.92. The summed E-state index contributed by atoms with van der Waals surface area (Å²) in [4.78, 5) is 37.8. The Balaban J connectivity index is 1.63. The molecule has 2 heterocycles. The first-order chi connectivity index (χ1) is 12.0. The van der Waals surface area contributed by atoms with Crippen LogP contribution in [0.3, 0.4) is 0 Å². The smallest absolute Gasteiger partial charge is 0.255 e. The van der Waals surface area contributed by atoms with Crippen molar-refractivity contribution in [1.29, 1.82) is 0 Å². The minimum absolute atomic E-state index is 0.142. The standard InChI is InChI=1S/C19H15IN2O3/c20-14-5-3-11(4-6-14)12-1-2-13-10-22(19(25)15(13)9-12)16-7-8-17(23)21-18(16)24/h1-6,9,16H,7-8,10H2,(H,21,23,24). The van der Waals surface area contributed by atoms with Gasteiger partial charge in [0.2, 0.25) is 11.8 Å². The molecule has 2 aromatic rings. The number of carbonyl (C=O) groups excluding carboxylic acids is 3. The van der Waals surface area contributed by atoms with Crippen molar-refractivity contribution in [2.45, 2.75) is 25.4 Å². The molecule has 5 nitrogen and oxygen atoms in total. The van der Waals surface area contributed by atoms with Crippen LogP contribution in [0.1, 0.15) is 28.8 Å². The van der Waals surface area contributed by atoms with E-state index in [1.807, 2.05) is 42.5 Å². The molecule has 0 aliphatic carbocycles. The van der Waals surface area contributed by atoms with Crippen molar-refractivity contribution in [2.24, 2.45) is 0 Å². The lowest BCUT2D eigenvalue weighted by Gasteiger charge is -2.29. The zero-order valence-corrected chi connectivity index (χ0v) is 15.4. The van der Waals surface area contributed by atoms with Gasteiger partial charge < -0.3 is 4.90 Å². The van der Waals surface area contributed by atoms with E-state index in [9.17, 15) is 14.4 Å². The van der Waals surface area contributed by atoms with Gasteiger partial charge in [0.1, 0.15) is 6.04 Å². The highest BCUT2D eigenvalue weighted by molar-refractivity contribution is 14.1. The third kappa shape index (κ3) is 2.95. The lowest BCUT2D eigenvalue weighted by Crippen LogP contribution is -2.52. The van der Waals surface area contributed by atoms with Gasteiger partial charge in [-0.25, -0.2) is 0 Å². The summed E-state index contributed by atoms with van der Waals surface area (Å²) in [6, 6.07) is 13.4. The number of hydrogen-bond acceptors (Lipinski definition) is 3. The number of hydrogen-bond donors (Lipinski definition) is 1. The van der Waals surface area contributed by atoms with Crippen LogP contribution in [0.15, 0.2) is 42.5 Å². The van der Waals surface area contributed by atoms with E-state index in [-0.39, 0.29) is 24.1 Å². The Morgan fingerprint density at radius 1 is 1.00 bits per heavy atom. The molecular formula is C19H15IN2O3. The number of imide groups is 1. The molecular weight excluding hydrogens is 431 g/mol. The SMILES string of the molecule is O=C1CCC(N2Cc3ccc(-c4ccc(I)cc4)cc3C2=O)C(=O)N1. The van der Waals surface area contributed by atoms with E-state index in [4.69, 9.17) is 0 Å². The minimum atomic E-state index is -0.570. The van der Waals surface area contributed by atoms with Crippen LogP contribution in [0.5, 0.6) is 0 Å². The number of piperidine rings is 1. The normalized spacial score (nSPS) is 19.8. The number of benzene rings is 2. The maximum Gasteiger partial charge on any atom is 0.255 e. The predicted octanol–water partition coefficient (Wildman–Crippen LogP) is 2.72. The highest BCUT2D eigenvalue weighted by atomic mass is 127. The summed E-state index contributed by atoms with van der Waals surface area (Å²) in [5, 5.41) is 2.32. The number of rotatable bonds is 2. The van der Waals surface area contributed by atoms with E-state index >= 15 is 0 Å². The van der Waals surface area contributed by atoms with Crippen LogP contribution in [-0.4, -0.2) is 28.7 Å². The van der Waals surface area contributed by atoms with Gasteiger partial charge in [0.15, 0.2) is 0 Å². The number of carbonyl (C=O) groups is 3. The monoisotopic (exact) mass is 446 g/mol. The van der Waals surface area contributed by atoms with Crippen molar-refractivity contribution in [3.05, 3.63) is 57.2 Å². The Hall–Kier alpha value is -2.22. The molecule has 0 aromatic heterocycles. The molecule has 3 amide bonds. The van der Waals surface area contributed by atoms with Gasteiger partial charge in [0, 0.05) is 22.1 Å². The van der Waals surface area contributed by atoms with Gasteiger partial charge in [0.25, 0.3) is 5.91 Å². The van der Waals surface area contributed by atoms with Gasteiger partial charge in [-0.05, 0) is 63.9 Å². The fourth-order valence-corrected chi connectivity index (χ4v) is 3.74. The molecule has 0 spiro atoms. The number of amides is 3. The van der Waals surface area contributed by atoms with Crippen LogP contribution in [0.25, 0.3) is 11.1 Å². The molecule has 2 aliphatic rings. The van der Waals surface area contributed by atoms with E-state index < -0.39 is 6.04 Å². The highest BCUT2D eigenvalue weighted by Gasteiger charge is 2.39. The fourth-order valence-electron chi connectivity index (χ4n) is 3.38. The van der Waals surface area contributed by atoms with Crippen LogP contribution in [0.4, 0.5) is 0 Å². The molecule has 1 unspecified atom stereocenters. The summed E-state index contributed by atoms with van der Waals surface area (Å²) in [6.45, 7) is 0.410.